The zero-order valence-electron chi connectivity index (χ0n) is 9.05. The van der Waals surface area contributed by atoms with Crippen LogP contribution in [0.2, 0.25) is 0 Å². The van der Waals surface area contributed by atoms with Gasteiger partial charge in [0.25, 0.3) is 0 Å². The van der Waals surface area contributed by atoms with Crippen molar-refractivity contribution >= 4 is 0 Å². The van der Waals surface area contributed by atoms with Crippen LogP contribution in [0, 0.1) is 0 Å². The SMILES string of the molecule is COc1ccc(-c2ccncc2CO)cc1. The molecule has 0 saturated carbocycles. The smallest absolute Gasteiger partial charge is 0.118 e. The third-order valence-corrected chi connectivity index (χ3v) is 2.47. The quantitative estimate of drug-likeness (QED) is 0.853. The lowest BCUT2D eigenvalue weighted by Gasteiger charge is -2.07. The highest BCUT2D eigenvalue weighted by Gasteiger charge is 2.03. The molecule has 0 fully saturated rings. The van der Waals surface area contributed by atoms with E-state index in [1.165, 1.54) is 0 Å². The van der Waals surface area contributed by atoms with E-state index in [1.807, 2.05) is 30.3 Å². The molecule has 1 heterocycles. The Hall–Kier alpha value is -1.87. The van der Waals surface area contributed by atoms with Crippen LogP contribution in [0.1, 0.15) is 5.56 Å². The standard InChI is InChI=1S/C13H13NO2/c1-16-12-4-2-10(3-5-12)13-6-7-14-8-11(13)9-15/h2-8,15H,9H2,1H3. The zero-order chi connectivity index (χ0) is 11.4. The first-order valence-electron chi connectivity index (χ1n) is 5.03. The van der Waals surface area contributed by atoms with Crippen molar-refractivity contribution in [2.45, 2.75) is 6.61 Å². The number of hydrogen-bond donors (Lipinski definition) is 1. The van der Waals surface area contributed by atoms with Gasteiger partial charge < -0.3 is 9.84 Å². The summed E-state index contributed by atoms with van der Waals surface area (Å²) in [6, 6.07) is 9.63. The fraction of sp³-hybridized carbons (Fsp3) is 0.154. The molecule has 0 aliphatic carbocycles. The molecule has 0 unspecified atom stereocenters. The van der Waals surface area contributed by atoms with Gasteiger partial charge in [-0.2, -0.15) is 0 Å². The van der Waals surface area contributed by atoms with Crippen molar-refractivity contribution in [2.75, 3.05) is 7.11 Å². The molecule has 0 saturated heterocycles. The second-order valence-corrected chi connectivity index (χ2v) is 3.42. The number of benzene rings is 1. The highest BCUT2D eigenvalue weighted by molar-refractivity contribution is 5.67. The first-order valence-corrected chi connectivity index (χ1v) is 5.03. The molecule has 0 aliphatic heterocycles. The second-order valence-electron chi connectivity index (χ2n) is 3.42. The van der Waals surface area contributed by atoms with E-state index in [-0.39, 0.29) is 6.61 Å². The fourth-order valence-corrected chi connectivity index (χ4v) is 1.61. The Morgan fingerprint density at radius 3 is 2.56 bits per heavy atom. The summed E-state index contributed by atoms with van der Waals surface area (Å²) in [6.45, 7) is -0.00476. The first-order chi connectivity index (χ1) is 7.85. The van der Waals surface area contributed by atoms with Gasteiger partial charge in [-0.15, -0.1) is 0 Å². The molecule has 1 aromatic carbocycles. The highest BCUT2D eigenvalue weighted by Crippen LogP contribution is 2.24. The van der Waals surface area contributed by atoms with E-state index in [9.17, 15) is 5.11 Å². The van der Waals surface area contributed by atoms with Gasteiger partial charge in [0.15, 0.2) is 0 Å². The van der Waals surface area contributed by atoms with Gasteiger partial charge in [-0.1, -0.05) is 12.1 Å². The Balaban J connectivity index is 2.42. The van der Waals surface area contributed by atoms with E-state index in [0.29, 0.717) is 0 Å². The fourth-order valence-electron chi connectivity index (χ4n) is 1.61. The summed E-state index contributed by atoms with van der Waals surface area (Å²) in [7, 11) is 1.64. The highest BCUT2D eigenvalue weighted by atomic mass is 16.5. The molecule has 1 aromatic heterocycles. The normalized spacial score (nSPS) is 10.1. The summed E-state index contributed by atoms with van der Waals surface area (Å²) in [4.78, 5) is 3.99. The van der Waals surface area contributed by atoms with Gasteiger partial charge in [0.2, 0.25) is 0 Å². The number of methoxy groups -OCH3 is 1. The van der Waals surface area contributed by atoms with Crippen LogP contribution < -0.4 is 4.74 Å². The summed E-state index contributed by atoms with van der Waals surface area (Å²) >= 11 is 0. The molecule has 0 aliphatic rings. The number of rotatable bonds is 3. The lowest BCUT2D eigenvalue weighted by molar-refractivity contribution is 0.282. The number of aromatic nitrogens is 1. The Bertz CT molecular complexity index is 466. The summed E-state index contributed by atoms with van der Waals surface area (Å²) < 4.78 is 5.10. The van der Waals surface area contributed by atoms with E-state index in [0.717, 1.165) is 22.4 Å². The molecule has 2 aromatic rings. The van der Waals surface area contributed by atoms with Crippen LogP contribution in [0.4, 0.5) is 0 Å². The minimum atomic E-state index is -0.00476. The van der Waals surface area contributed by atoms with Crippen molar-refractivity contribution in [3.63, 3.8) is 0 Å². The van der Waals surface area contributed by atoms with Crippen LogP contribution in [0.5, 0.6) is 5.75 Å². The minimum absolute atomic E-state index is 0.00476. The van der Waals surface area contributed by atoms with E-state index >= 15 is 0 Å². The number of aliphatic hydroxyl groups excluding tert-OH is 1. The van der Waals surface area contributed by atoms with Gasteiger partial charge in [-0.25, -0.2) is 0 Å². The number of hydrogen-bond acceptors (Lipinski definition) is 3. The molecule has 3 heteroatoms. The summed E-state index contributed by atoms with van der Waals surface area (Å²) in [5, 5.41) is 9.22. The maximum absolute atomic E-state index is 9.22. The van der Waals surface area contributed by atoms with Crippen molar-refractivity contribution in [3.8, 4) is 16.9 Å². The summed E-state index contributed by atoms with van der Waals surface area (Å²) in [5.74, 6) is 0.823. The predicted octanol–water partition coefficient (Wildman–Crippen LogP) is 2.25. The molecule has 0 spiro atoms. The van der Waals surface area contributed by atoms with Gasteiger partial charge in [-0.3, -0.25) is 4.98 Å². The molecule has 0 amide bonds. The van der Waals surface area contributed by atoms with Gasteiger partial charge in [0.05, 0.1) is 13.7 Å². The molecular formula is C13H13NO2. The third-order valence-electron chi connectivity index (χ3n) is 2.47. The maximum Gasteiger partial charge on any atom is 0.118 e. The van der Waals surface area contributed by atoms with E-state index < -0.39 is 0 Å². The Labute approximate surface area is 94.3 Å². The topological polar surface area (TPSA) is 42.4 Å². The van der Waals surface area contributed by atoms with Crippen molar-refractivity contribution in [2.24, 2.45) is 0 Å². The van der Waals surface area contributed by atoms with E-state index in [2.05, 4.69) is 4.98 Å². The van der Waals surface area contributed by atoms with E-state index in [1.54, 1.807) is 19.5 Å². The Kier molecular flexibility index (Phi) is 3.17. The number of aliphatic hydroxyl groups is 1. The zero-order valence-corrected chi connectivity index (χ0v) is 9.05. The largest absolute Gasteiger partial charge is 0.497 e. The lowest BCUT2D eigenvalue weighted by Crippen LogP contribution is -1.90. The van der Waals surface area contributed by atoms with Gasteiger partial charge in [-0.05, 0) is 29.3 Å². The molecule has 3 nitrogen and oxygen atoms in total. The van der Waals surface area contributed by atoms with Crippen molar-refractivity contribution in [1.29, 1.82) is 0 Å². The van der Waals surface area contributed by atoms with Crippen molar-refractivity contribution < 1.29 is 9.84 Å². The molecule has 82 valence electrons. The molecular weight excluding hydrogens is 202 g/mol. The molecule has 0 bridgehead atoms. The van der Waals surface area contributed by atoms with Gasteiger partial charge >= 0.3 is 0 Å². The van der Waals surface area contributed by atoms with E-state index in [4.69, 9.17) is 4.74 Å². The van der Waals surface area contributed by atoms with Gasteiger partial charge in [0, 0.05) is 18.0 Å². The van der Waals surface area contributed by atoms with Crippen LogP contribution in [0.15, 0.2) is 42.7 Å². The number of nitrogens with zero attached hydrogens (tertiary/aromatic N) is 1. The van der Waals surface area contributed by atoms with Crippen molar-refractivity contribution in [3.05, 3.63) is 48.3 Å². The van der Waals surface area contributed by atoms with Crippen LogP contribution >= 0.6 is 0 Å². The van der Waals surface area contributed by atoms with Gasteiger partial charge in [0.1, 0.15) is 5.75 Å². The van der Waals surface area contributed by atoms with Crippen LogP contribution in [-0.2, 0) is 6.61 Å². The predicted molar refractivity (Wildman–Crippen MR) is 62.1 cm³/mol. The minimum Gasteiger partial charge on any atom is -0.497 e. The molecule has 0 atom stereocenters. The average Bonchev–Trinajstić information content (AvgIpc) is 2.39. The third kappa shape index (κ3) is 2.04. The molecule has 16 heavy (non-hydrogen) atoms. The van der Waals surface area contributed by atoms with Crippen LogP contribution in [0.25, 0.3) is 11.1 Å². The maximum atomic E-state index is 9.22. The summed E-state index contributed by atoms with van der Waals surface area (Å²) in [6.07, 6.45) is 3.40. The number of pyridine rings is 1. The van der Waals surface area contributed by atoms with Crippen LogP contribution in [0.3, 0.4) is 0 Å². The molecule has 1 N–H and O–H groups in total. The monoisotopic (exact) mass is 215 g/mol. The average molecular weight is 215 g/mol. The van der Waals surface area contributed by atoms with Crippen molar-refractivity contribution in [1.82, 2.24) is 4.98 Å². The Morgan fingerprint density at radius 2 is 1.94 bits per heavy atom. The first kappa shape index (κ1) is 10.6. The van der Waals surface area contributed by atoms with Crippen LogP contribution in [-0.4, -0.2) is 17.2 Å². The second kappa shape index (κ2) is 4.77. The molecule has 0 radical (unpaired) electrons. The summed E-state index contributed by atoms with van der Waals surface area (Å²) in [5.41, 5.74) is 2.88. The lowest BCUT2D eigenvalue weighted by atomic mass is 10.0. The Morgan fingerprint density at radius 1 is 1.19 bits per heavy atom. The number of ether oxygens (including phenoxy) is 1. The molecule has 2 rings (SSSR count).